The highest BCUT2D eigenvalue weighted by Crippen LogP contribution is 2.19. The maximum Gasteiger partial charge on any atom is 0.305 e. The van der Waals surface area contributed by atoms with Crippen molar-refractivity contribution >= 4 is 12.3 Å². The van der Waals surface area contributed by atoms with Crippen LogP contribution in [0.4, 0.5) is 0 Å². The molecule has 0 saturated carbocycles. The summed E-state index contributed by atoms with van der Waals surface area (Å²) < 4.78 is 16.2. The van der Waals surface area contributed by atoms with Crippen molar-refractivity contribution in [3.05, 3.63) is 0 Å². The zero-order chi connectivity index (χ0) is 13.9. The number of esters is 1. The lowest BCUT2D eigenvalue weighted by atomic mass is 10.1. The Hall–Kier alpha value is -0.940. The molecule has 2 atom stereocenters. The zero-order valence-electron chi connectivity index (χ0n) is 11.6. The fourth-order valence-corrected chi connectivity index (χ4v) is 2.08. The minimum Gasteiger partial charge on any atom is -0.466 e. The Balaban J connectivity index is 2.32. The van der Waals surface area contributed by atoms with E-state index >= 15 is 0 Å². The lowest BCUT2D eigenvalue weighted by Crippen LogP contribution is -2.28. The molecule has 1 unspecified atom stereocenters. The van der Waals surface area contributed by atoms with E-state index in [-0.39, 0.29) is 18.4 Å². The number of carbonyl (C=O) groups is 2. The first-order valence-corrected chi connectivity index (χ1v) is 7.12. The quantitative estimate of drug-likeness (QED) is 0.476. The predicted molar refractivity (Wildman–Crippen MR) is 69.6 cm³/mol. The molecule has 19 heavy (non-hydrogen) atoms. The number of carbonyl (C=O) groups excluding carboxylic acids is 2. The fourth-order valence-electron chi connectivity index (χ4n) is 2.08. The molecule has 1 saturated heterocycles. The van der Waals surface area contributed by atoms with Gasteiger partial charge in [0.15, 0.2) is 6.29 Å². The molecule has 5 nitrogen and oxygen atoms in total. The van der Waals surface area contributed by atoms with Gasteiger partial charge in [-0.1, -0.05) is 0 Å². The molecule has 110 valence electrons. The van der Waals surface area contributed by atoms with Gasteiger partial charge in [-0.25, -0.2) is 0 Å². The summed E-state index contributed by atoms with van der Waals surface area (Å²) in [5, 5.41) is 0. The monoisotopic (exact) mass is 272 g/mol. The lowest BCUT2D eigenvalue weighted by Gasteiger charge is -2.27. The van der Waals surface area contributed by atoms with Gasteiger partial charge in [0.05, 0.1) is 12.7 Å². The van der Waals surface area contributed by atoms with Gasteiger partial charge in [-0.2, -0.15) is 0 Å². The topological polar surface area (TPSA) is 61.8 Å². The molecule has 1 aliphatic rings. The van der Waals surface area contributed by atoms with Crippen LogP contribution in [0.25, 0.3) is 0 Å². The van der Waals surface area contributed by atoms with E-state index in [1.54, 1.807) is 6.92 Å². The lowest BCUT2D eigenvalue weighted by molar-refractivity contribution is -0.191. The van der Waals surface area contributed by atoms with Crippen molar-refractivity contribution in [2.24, 2.45) is 0 Å². The molecule has 1 rings (SSSR count). The molecule has 0 aromatic carbocycles. The summed E-state index contributed by atoms with van der Waals surface area (Å²) in [6.45, 7) is 2.90. The van der Waals surface area contributed by atoms with Crippen molar-refractivity contribution in [1.29, 1.82) is 0 Å². The van der Waals surface area contributed by atoms with Gasteiger partial charge in [-0.3, -0.25) is 4.79 Å². The average Bonchev–Trinajstić information content (AvgIpc) is 2.43. The fraction of sp³-hybridized carbons (Fsp3) is 0.857. The minimum absolute atomic E-state index is 0.113. The second-order valence-corrected chi connectivity index (χ2v) is 4.64. The average molecular weight is 272 g/mol. The van der Waals surface area contributed by atoms with Crippen LogP contribution in [0, 0.1) is 0 Å². The minimum atomic E-state index is -0.216. The van der Waals surface area contributed by atoms with Crippen LogP contribution in [-0.4, -0.2) is 37.9 Å². The maximum absolute atomic E-state index is 11.3. The summed E-state index contributed by atoms with van der Waals surface area (Å²) in [5.41, 5.74) is 0. The molecule has 0 aromatic rings. The first kappa shape index (κ1) is 16.1. The van der Waals surface area contributed by atoms with Crippen molar-refractivity contribution in [2.45, 2.75) is 64.3 Å². The van der Waals surface area contributed by atoms with Gasteiger partial charge >= 0.3 is 5.97 Å². The Labute approximate surface area is 114 Å². The van der Waals surface area contributed by atoms with Crippen molar-refractivity contribution in [3.8, 4) is 0 Å². The van der Waals surface area contributed by atoms with Gasteiger partial charge in [0.2, 0.25) is 0 Å². The molecule has 0 spiro atoms. The molecule has 0 bridgehead atoms. The van der Waals surface area contributed by atoms with E-state index in [1.165, 1.54) is 0 Å². The van der Waals surface area contributed by atoms with Crippen molar-refractivity contribution in [2.75, 3.05) is 13.2 Å². The van der Waals surface area contributed by atoms with Gasteiger partial charge in [0.1, 0.15) is 6.29 Å². The van der Waals surface area contributed by atoms with Crippen LogP contribution < -0.4 is 0 Å². The van der Waals surface area contributed by atoms with Crippen LogP contribution in [-0.2, 0) is 23.8 Å². The summed E-state index contributed by atoms with van der Waals surface area (Å²) in [4.78, 5) is 21.8. The van der Waals surface area contributed by atoms with Crippen LogP contribution in [0.5, 0.6) is 0 Å². The molecule has 0 radical (unpaired) electrons. The van der Waals surface area contributed by atoms with E-state index in [0.29, 0.717) is 32.3 Å². The summed E-state index contributed by atoms with van der Waals surface area (Å²) in [7, 11) is 0. The summed E-state index contributed by atoms with van der Waals surface area (Å²) in [6, 6.07) is 0. The van der Waals surface area contributed by atoms with E-state index in [1.807, 2.05) is 0 Å². The normalized spacial score (nSPS) is 20.8. The molecule has 1 fully saturated rings. The molecule has 0 aromatic heterocycles. The third kappa shape index (κ3) is 7.28. The summed E-state index contributed by atoms with van der Waals surface area (Å²) in [6.07, 6.45) is 5.61. The smallest absolute Gasteiger partial charge is 0.305 e. The van der Waals surface area contributed by atoms with Gasteiger partial charge in [0, 0.05) is 19.4 Å². The first-order valence-electron chi connectivity index (χ1n) is 7.12. The highest BCUT2D eigenvalue weighted by atomic mass is 16.7. The Bertz CT molecular complexity index is 261. The number of hydrogen-bond donors (Lipinski definition) is 0. The molecular formula is C14H24O5. The van der Waals surface area contributed by atoms with Crippen LogP contribution >= 0.6 is 0 Å². The molecule has 1 aliphatic heterocycles. The standard InChI is InChI=1S/C14H24O5/c1-2-17-13(16)9-8-12(6-5-10-15)19-14-7-3-4-11-18-14/h10,12,14H,2-9,11H2,1H3/t12-,14?/m1/s1. The third-order valence-electron chi connectivity index (χ3n) is 3.06. The number of aldehydes is 1. The van der Waals surface area contributed by atoms with Crippen LogP contribution in [0.1, 0.15) is 51.9 Å². The SMILES string of the molecule is CCOC(=O)CC[C@@H](CCC=O)OC1CCCCO1. The van der Waals surface area contributed by atoms with Crippen molar-refractivity contribution in [3.63, 3.8) is 0 Å². The Kier molecular flexibility index (Phi) is 8.41. The van der Waals surface area contributed by atoms with E-state index in [9.17, 15) is 9.59 Å². The van der Waals surface area contributed by atoms with Crippen LogP contribution in [0.3, 0.4) is 0 Å². The molecule has 0 N–H and O–H groups in total. The Morgan fingerprint density at radius 1 is 1.42 bits per heavy atom. The van der Waals surface area contributed by atoms with Gasteiger partial charge in [0.25, 0.3) is 0 Å². The number of hydrogen-bond acceptors (Lipinski definition) is 5. The zero-order valence-corrected chi connectivity index (χ0v) is 11.6. The van der Waals surface area contributed by atoms with Crippen LogP contribution in [0.2, 0.25) is 0 Å². The molecule has 0 amide bonds. The van der Waals surface area contributed by atoms with E-state index < -0.39 is 0 Å². The second kappa shape index (κ2) is 9.92. The summed E-state index contributed by atoms with van der Waals surface area (Å²) >= 11 is 0. The number of rotatable bonds is 9. The largest absolute Gasteiger partial charge is 0.466 e. The molecule has 5 heteroatoms. The van der Waals surface area contributed by atoms with Crippen molar-refractivity contribution in [1.82, 2.24) is 0 Å². The third-order valence-corrected chi connectivity index (χ3v) is 3.06. The van der Waals surface area contributed by atoms with Crippen molar-refractivity contribution < 1.29 is 23.8 Å². The predicted octanol–water partition coefficient (Wildman–Crippen LogP) is 2.22. The van der Waals surface area contributed by atoms with E-state index in [4.69, 9.17) is 14.2 Å². The Morgan fingerprint density at radius 3 is 2.89 bits per heavy atom. The molecular weight excluding hydrogens is 248 g/mol. The highest BCUT2D eigenvalue weighted by Gasteiger charge is 2.20. The van der Waals surface area contributed by atoms with E-state index in [0.717, 1.165) is 32.2 Å². The summed E-state index contributed by atoms with van der Waals surface area (Å²) in [5.74, 6) is -0.216. The first-order chi connectivity index (χ1) is 9.26. The Morgan fingerprint density at radius 2 is 2.26 bits per heavy atom. The van der Waals surface area contributed by atoms with Gasteiger partial charge in [-0.05, 0) is 39.0 Å². The molecule has 0 aliphatic carbocycles. The van der Waals surface area contributed by atoms with Crippen LogP contribution in [0.15, 0.2) is 0 Å². The number of ether oxygens (including phenoxy) is 3. The maximum atomic E-state index is 11.3. The van der Waals surface area contributed by atoms with Gasteiger partial charge < -0.3 is 19.0 Å². The second-order valence-electron chi connectivity index (χ2n) is 4.64. The molecule has 1 heterocycles. The van der Waals surface area contributed by atoms with Gasteiger partial charge in [-0.15, -0.1) is 0 Å². The van der Waals surface area contributed by atoms with E-state index in [2.05, 4.69) is 0 Å². The highest BCUT2D eigenvalue weighted by molar-refractivity contribution is 5.69.